The Labute approximate surface area is 123 Å². The van der Waals surface area contributed by atoms with Gasteiger partial charge in [-0.25, -0.2) is 8.42 Å². The van der Waals surface area contributed by atoms with Gasteiger partial charge in [0.15, 0.2) is 0 Å². The van der Waals surface area contributed by atoms with Crippen molar-refractivity contribution in [1.82, 2.24) is 9.88 Å². The Kier molecular flexibility index (Phi) is 3.90. The van der Waals surface area contributed by atoms with E-state index in [0.29, 0.717) is 5.69 Å². The largest absolute Gasteiger partial charge is 0.348 e. The number of amides is 1. The Bertz CT molecular complexity index is 634. The summed E-state index contributed by atoms with van der Waals surface area (Å²) in [6.07, 6.45) is 4.30. The molecule has 1 unspecified atom stereocenters. The standard InChI is InChI=1S/C13H19ClN2O3S/c1-13(2)5-4-9(7-13)15-12(17)11-6-10(8-16(11)3)20(14,18)19/h6,8-9H,4-5,7H2,1-3H3,(H,15,17). The highest BCUT2D eigenvalue weighted by Gasteiger charge is 2.32. The zero-order valence-electron chi connectivity index (χ0n) is 11.8. The van der Waals surface area contributed by atoms with Crippen LogP contribution in [0.4, 0.5) is 0 Å². The van der Waals surface area contributed by atoms with Gasteiger partial charge in [-0.15, -0.1) is 0 Å². The van der Waals surface area contributed by atoms with E-state index in [9.17, 15) is 13.2 Å². The van der Waals surface area contributed by atoms with E-state index in [2.05, 4.69) is 19.2 Å². The molecule has 5 nitrogen and oxygen atoms in total. The zero-order chi connectivity index (χ0) is 15.1. The van der Waals surface area contributed by atoms with Gasteiger partial charge < -0.3 is 9.88 Å². The number of hydrogen-bond donors (Lipinski definition) is 1. The van der Waals surface area contributed by atoms with E-state index >= 15 is 0 Å². The van der Waals surface area contributed by atoms with E-state index in [4.69, 9.17) is 10.7 Å². The molecule has 0 spiro atoms. The molecule has 1 aliphatic rings. The summed E-state index contributed by atoms with van der Waals surface area (Å²) in [7, 11) is 3.10. The second kappa shape index (κ2) is 5.07. The lowest BCUT2D eigenvalue weighted by Gasteiger charge is -2.17. The molecular weight excluding hydrogens is 300 g/mol. The summed E-state index contributed by atoms with van der Waals surface area (Å²) in [5, 5.41) is 2.96. The van der Waals surface area contributed by atoms with Crippen LogP contribution in [0.3, 0.4) is 0 Å². The minimum absolute atomic E-state index is 0.0569. The van der Waals surface area contributed by atoms with Gasteiger partial charge >= 0.3 is 0 Å². The zero-order valence-corrected chi connectivity index (χ0v) is 13.4. The first-order chi connectivity index (χ1) is 9.08. The average Bonchev–Trinajstić information content (AvgIpc) is 2.81. The molecule has 7 heteroatoms. The predicted octanol–water partition coefficient (Wildman–Crippen LogP) is 2.26. The van der Waals surface area contributed by atoms with Crippen LogP contribution < -0.4 is 5.32 Å². The van der Waals surface area contributed by atoms with Crippen LogP contribution in [0.25, 0.3) is 0 Å². The van der Waals surface area contributed by atoms with Crippen molar-refractivity contribution in [3.63, 3.8) is 0 Å². The fourth-order valence-corrected chi connectivity index (χ4v) is 3.50. The summed E-state index contributed by atoms with van der Waals surface area (Å²) in [6.45, 7) is 4.36. The molecule has 0 radical (unpaired) electrons. The number of nitrogens with one attached hydrogen (secondary N) is 1. The van der Waals surface area contributed by atoms with E-state index in [1.54, 1.807) is 7.05 Å². The molecule has 0 aliphatic heterocycles. The lowest BCUT2D eigenvalue weighted by Crippen LogP contribution is -2.34. The number of aryl methyl sites for hydroxylation is 1. The molecule has 1 atom stereocenters. The van der Waals surface area contributed by atoms with Crippen LogP contribution in [0.15, 0.2) is 17.2 Å². The number of carbonyl (C=O) groups is 1. The Morgan fingerprint density at radius 3 is 2.60 bits per heavy atom. The van der Waals surface area contributed by atoms with Gasteiger partial charge in [-0.1, -0.05) is 13.8 Å². The van der Waals surface area contributed by atoms with Crippen molar-refractivity contribution >= 4 is 25.6 Å². The molecule has 1 saturated carbocycles. The molecule has 1 amide bonds. The highest BCUT2D eigenvalue weighted by atomic mass is 35.7. The average molecular weight is 319 g/mol. The molecule has 1 aromatic rings. The van der Waals surface area contributed by atoms with E-state index in [1.807, 2.05) is 0 Å². The first-order valence-corrected chi connectivity index (χ1v) is 8.81. The van der Waals surface area contributed by atoms with Gasteiger partial charge in [0.2, 0.25) is 0 Å². The molecule has 1 heterocycles. The molecule has 1 N–H and O–H groups in total. The molecule has 20 heavy (non-hydrogen) atoms. The van der Waals surface area contributed by atoms with Crippen LogP contribution in [0, 0.1) is 5.41 Å². The smallest absolute Gasteiger partial charge is 0.268 e. The van der Waals surface area contributed by atoms with Crippen molar-refractivity contribution in [2.24, 2.45) is 12.5 Å². The third kappa shape index (κ3) is 3.35. The Morgan fingerprint density at radius 1 is 1.50 bits per heavy atom. The lowest BCUT2D eigenvalue weighted by atomic mass is 9.92. The third-order valence-electron chi connectivity index (χ3n) is 3.80. The van der Waals surface area contributed by atoms with Crippen LogP contribution in [0.5, 0.6) is 0 Å². The summed E-state index contributed by atoms with van der Waals surface area (Å²) >= 11 is 0. The van der Waals surface area contributed by atoms with Crippen LogP contribution in [-0.2, 0) is 16.1 Å². The van der Waals surface area contributed by atoms with Crippen LogP contribution in [-0.4, -0.2) is 24.9 Å². The van der Waals surface area contributed by atoms with Gasteiger partial charge in [-0.3, -0.25) is 4.79 Å². The number of hydrogen-bond acceptors (Lipinski definition) is 3. The van der Waals surface area contributed by atoms with E-state index < -0.39 is 9.05 Å². The van der Waals surface area contributed by atoms with Crippen molar-refractivity contribution in [3.8, 4) is 0 Å². The van der Waals surface area contributed by atoms with Gasteiger partial charge in [0.05, 0.1) is 0 Å². The maximum absolute atomic E-state index is 12.2. The van der Waals surface area contributed by atoms with Crippen molar-refractivity contribution in [1.29, 1.82) is 0 Å². The summed E-state index contributed by atoms with van der Waals surface area (Å²) < 4.78 is 24.0. The monoisotopic (exact) mass is 318 g/mol. The van der Waals surface area contributed by atoms with E-state index in [0.717, 1.165) is 19.3 Å². The minimum Gasteiger partial charge on any atom is -0.348 e. The summed E-state index contributed by atoms with van der Waals surface area (Å²) in [6, 6.07) is 1.45. The van der Waals surface area contributed by atoms with E-state index in [1.165, 1.54) is 16.8 Å². The number of rotatable bonds is 3. The highest BCUT2D eigenvalue weighted by molar-refractivity contribution is 8.13. The molecule has 2 rings (SSSR count). The molecular formula is C13H19ClN2O3S. The maximum Gasteiger partial charge on any atom is 0.268 e. The first kappa shape index (κ1) is 15.4. The summed E-state index contributed by atoms with van der Waals surface area (Å²) in [4.78, 5) is 12.1. The van der Waals surface area contributed by atoms with Crippen LogP contribution in [0.2, 0.25) is 0 Å². The third-order valence-corrected chi connectivity index (χ3v) is 5.12. The van der Waals surface area contributed by atoms with Crippen molar-refractivity contribution in [3.05, 3.63) is 18.0 Å². The molecule has 1 aromatic heterocycles. The molecule has 0 aromatic carbocycles. The Morgan fingerprint density at radius 2 is 2.15 bits per heavy atom. The quantitative estimate of drug-likeness (QED) is 0.869. The molecule has 0 saturated heterocycles. The van der Waals surface area contributed by atoms with E-state index in [-0.39, 0.29) is 22.3 Å². The normalized spacial score (nSPS) is 21.9. The summed E-state index contributed by atoms with van der Waals surface area (Å²) in [5.41, 5.74) is 0.547. The van der Waals surface area contributed by atoms with Gasteiger partial charge in [0.25, 0.3) is 15.0 Å². The van der Waals surface area contributed by atoms with Gasteiger partial charge in [0.1, 0.15) is 10.6 Å². The first-order valence-electron chi connectivity index (χ1n) is 6.50. The predicted molar refractivity (Wildman–Crippen MR) is 77.3 cm³/mol. The summed E-state index contributed by atoms with van der Waals surface area (Å²) in [5.74, 6) is -0.262. The molecule has 112 valence electrons. The minimum atomic E-state index is -3.81. The van der Waals surface area contributed by atoms with Crippen LogP contribution in [0.1, 0.15) is 43.6 Å². The SMILES string of the molecule is Cn1cc(S(=O)(=O)Cl)cc1C(=O)NC1CCC(C)(C)C1. The Hall–Kier alpha value is -1.01. The maximum atomic E-state index is 12.2. The fourth-order valence-electron chi connectivity index (χ4n) is 2.71. The van der Waals surface area contributed by atoms with Gasteiger partial charge in [-0.05, 0) is 30.7 Å². The van der Waals surface area contributed by atoms with Gasteiger partial charge in [0, 0.05) is 30.0 Å². The van der Waals surface area contributed by atoms with Crippen molar-refractivity contribution in [2.75, 3.05) is 0 Å². The molecule has 1 aliphatic carbocycles. The molecule has 1 fully saturated rings. The Balaban J connectivity index is 2.13. The second-order valence-electron chi connectivity index (χ2n) is 6.19. The molecule has 0 bridgehead atoms. The highest BCUT2D eigenvalue weighted by Crippen LogP contribution is 2.37. The fraction of sp³-hybridized carbons (Fsp3) is 0.615. The lowest BCUT2D eigenvalue weighted by molar-refractivity contribution is 0.0928. The van der Waals surface area contributed by atoms with Gasteiger partial charge in [-0.2, -0.15) is 0 Å². The second-order valence-corrected chi connectivity index (χ2v) is 8.75. The van der Waals surface area contributed by atoms with Crippen molar-refractivity contribution in [2.45, 2.75) is 44.0 Å². The topological polar surface area (TPSA) is 68.2 Å². The number of halogens is 1. The van der Waals surface area contributed by atoms with Crippen LogP contribution >= 0.6 is 10.7 Å². The number of aromatic nitrogens is 1. The van der Waals surface area contributed by atoms with Crippen molar-refractivity contribution < 1.29 is 13.2 Å². The number of nitrogens with zero attached hydrogens (tertiary/aromatic N) is 1. The number of carbonyl (C=O) groups excluding carboxylic acids is 1.